The summed E-state index contributed by atoms with van der Waals surface area (Å²) in [5, 5.41) is 3.68. The summed E-state index contributed by atoms with van der Waals surface area (Å²) in [4.78, 5) is 0.160. The van der Waals surface area contributed by atoms with E-state index in [9.17, 15) is 8.42 Å². The number of nitrogens with one attached hydrogen (secondary N) is 1. The molecule has 0 saturated heterocycles. The van der Waals surface area contributed by atoms with Crippen molar-refractivity contribution < 1.29 is 8.42 Å². The first-order valence-corrected chi connectivity index (χ1v) is 8.06. The number of nitrogen functional groups attached to an aromatic ring is 1. The Morgan fingerprint density at radius 3 is 2.65 bits per heavy atom. The van der Waals surface area contributed by atoms with Crippen LogP contribution >= 0.6 is 11.5 Å². The molecule has 7 heteroatoms. The predicted octanol–water partition coefficient (Wildman–Crippen LogP) is 1.98. The van der Waals surface area contributed by atoms with Gasteiger partial charge in [0.15, 0.2) is 15.7 Å². The number of nitrogens with two attached hydrogens (primary N) is 1. The van der Waals surface area contributed by atoms with Gasteiger partial charge in [-0.1, -0.05) is 27.2 Å². The lowest BCUT2D eigenvalue weighted by molar-refractivity contribution is 0.590. The first-order valence-electron chi connectivity index (χ1n) is 5.64. The minimum absolute atomic E-state index is 0.0353. The van der Waals surface area contributed by atoms with Crippen molar-refractivity contribution in [2.75, 3.05) is 23.3 Å². The second-order valence-electron chi connectivity index (χ2n) is 4.02. The van der Waals surface area contributed by atoms with Crippen molar-refractivity contribution in [2.45, 2.75) is 32.1 Å². The number of aromatic nitrogens is 1. The van der Waals surface area contributed by atoms with Crippen LogP contribution in [0.15, 0.2) is 4.90 Å². The summed E-state index contributed by atoms with van der Waals surface area (Å²) >= 11 is 1.11. The number of hydrogen-bond acceptors (Lipinski definition) is 6. The maximum Gasteiger partial charge on any atom is 0.184 e. The Hall–Kier alpha value is -0.820. The quantitative estimate of drug-likeness (QED) is 0.830. The molecule has 17 heavy (non-hydrogen) atoms. The predicted molar refractivity (Wildman–Crippen MR) is 72.2 cm³/mol. The Balaban J connectivity index is 2.95. The zero-order chi connectivity index (χ0) is 13.1. The van der Waals surface area contributed by atoms with Crippen molar-refractivity contribution in [1.82, 2.24) is 4.37 Å². The molecule has 1 heterocycles. The molecule has 1 aromatic heterocycles. The SMILES string of the molecule is CCC(C)CNc1snc(N)c1S(=O)(=O)CC. The summed E-state index contributed by atoms with van der Waals surface area (Å²) in [6, 6.07) is 0. The van der Waals surface area contributed by atoms with E-state index in [-0.39, 0.29) is 16.5 Å². The minimum Gasteiger partial charge on any atom is -0.382 e. The molecule has 0 bridgehead atoms. The molecule has 1 unspecified atom stereocenters. The van der Waals surface area contributed by atoms with Gasteiger partial charge < -0.3 is 11.1 Å². The second-order valence-corrected chi connectivity index (χ2v) is 7.01. The molecule has 0 fully saturated rings. The third kappa shape index (κ3) is 3.32. The lowest BCUT2D eigenvalue weighted by Crippen LogP contribution is -2.13. The Labute approximate surface area is 107 Å². The smallest absolute Gasteiger partial charge is 0.184 e. The van der Waals surface area contributed by atoms with Crippen LogP contribution in [0.25, 0.3) is 0 Å². The summed E-state index contributed by atoms with van der Waals surface area (Å²) in [7, 11) is -3.31. The van der Waals surface area contributed by atoms with E-state index in [1.54, 1.807) is 6.92 Å². The number of rotatable bonds is 6. The van der Waals surface area contributed by atoms with Crippen molar-refractivity contribution in [2.24, 2.45) is 5.92 Å². The van der Waals surface area contributed by atoms with Crippen molar-refractivity contribution in [3.05, 3.63) is 0 Å². The van der Waals surface area contributed by atoms with Gasteiger partial charge >= 0.3 is 0 Å². The zero-order valence-electron chi connectivity index (χ0n) is 10.4. The Morgan fingerprint density at radius 1 is 1.47 bits per heavy atom. The van der Waals surface area contributed by atoms with E-state index in [2.05, 4.69) is 23.5 Å². The van der Waals surface area contributed by atoms with Gasteiger partial charge in [-0.15, -0.1) is 0 Å². The second kappa shape index (κ2) is 5.68. The summed E-state index contributed by atoms with van der Waals surface area (Å²) in [6.07, 6.45) is 1.04. The topological polar surface area (TPSA) is 85.1 Å². The van der Waals surface area contributed by atoms with Crippen LogP contribution in [0.4, 0.5) is 10.8 Å². The highest BCUT2D eigenvalue weighted by atomic mass is 32.2. The number of sulfone groups is 1. The fourth-order valence-electron chi connectivity index (χ4n) is 1.26. The lowest BCUT2D eigenvalue weighted by atomic mass is 10.1. The van der Waals surface area contributed by atoms with Crippen LogP contribution in [0.3, 0.4) is 0 Å². The van der Waals surface area contributed by atoms with Gasteiger partial charge in [0.1, 0.15) is 9.90 Å². The molecule has 1 atom stereocenters. The molecule has 1 aromatic rings. The monoisotopic (exact) mass is 277 g/mol. The highest BCUT2D eigenvalue weighted by Gasteiger charge is 2.23. The van der Waals surface area contributed by atoms with E-state index in [0.29, 0.717) is 10.9 Å². The molecule has 0 aromatic carbocycles. The van der Waals surface area contributed by atoms with Crippen molar-refractivity contribution in [3.8, 4) is 0 Å². The highest BCUT2D eigenvalue weighted by molar-refractivity contribution is 7.91. The standard InChI is InChI=1S/C10H19N3O2S2/c1-4-7(3)6-12-10-8(9(11)13-16-10)17(14,15)5-2/h7,12H,4-6H2,1-3H3,(H2,11,13). The molecule has 0 saturated carbocycles. The molecule has 0 aliphatic carbocycles. The molecular weight excluding hydrogens is 258 g/mol. The first-order chi connectivity index (χ1) is 7.92. The highest BCUT2D eigenvalue weighted by Crippen LogP contribution is 2.32. The molecule has 98 valence electrons. The third-order valence-electron chi connectivity index (χ3n) is 2.67. The maximum absolute atomic E-state index is 11.9. The van der Waals surface area contributed by atoms with Crippen LogP contribution in [-0.2, 0) is 9.84 Å². The Bertz CT molecular complexity index is 468. The average Bonchev–Trinajstić information content (AvgIpc) is 2.68. The fraction of sp³-hybridized carbons (Fsp3) is 0.700. The molecule has 0 aliphatic heterocycles. The van der Waals surface area contributed by atoms with Gasteiger partial charge in [-0.3, -0.25) is 0 Å². The van der Waals surface area contributed by atoms with E-state index in [4.69, 9.17) is 5.73 Å². The molecule has 0 amide bonds. The summed E-state index contributed by atoms with van der Waals surface area (Å²) < 4.78 is 27.6. The number of hydrogen-bond donors (Lipinski definition) is 2. The molecular formula is C10H19N3O2S2. The normalized spacial score (nSPS) is 13.6. The summed E-state index contributed by atoms with van der Waals surface area (Å²) in [6.45, 7) is 6.53. The van der Waals surface area contributed by atoms with Crippen LogP contribution in [0.2, 0.25) is 0 Å². The number of anilines is 2. The summed E-state index contributed by atoms with van der Waals surface area (Å²) in [5.41, 5.74) is 5.62. The molecule has 1 rings (SSSR count). The average molecular weight is 277 g/mol. The Morgan fingerprint density at radius 2 is 2.12 bits per heavy atom. The van der Waals surface area contributed by atoms with E-state index < -0.39 is 9.84 Å². The van der Waals surface area contributed by atoms with Crippen molar-refractivity contribution in [3.63, 3.8) is 0 Å². The van der Waals surface area contributed by atoms with Crippen molar-refractivity contribution >= 4 is 32.2 Å². The van der Waals surface area contributed by atoms with Gasteiger partial charge in [0.25, 0.3) is 0 Å². The zero-order valence-corrected chi connectivity index (χ0v) is 12.0. The largest absolute Gasteiger partial charge is 0.382 e. The van der Waals surface area contributed by atoms with Crippen molar-refractivity contribution in [1.29, 1.82) is 0 Å². The van der Waals surface area contributed by atoms with Gasteiger partial charge in [-0.05, 0) is 17.5 Å². The van der Waals surface area contributed by atoms with E-state index in [1.165, 1.54) is 0 Å². The molecule has 3 N–H and O–H groups in total. The van der Waals surface area contributed by atoms with Crippen LogP contribution in [0.1, 0.15) is 27.2 Å². The molecule has 0 aliphatic rings. The van der Waals surface area contributed by atoms with Crippen LogP contribution in [0, 0.1) is 5.92 Å². The number of nitrogens with zero attached hydrogens (tertiary/aromatic N) is 1. The third-order valence-corrected chi connectivity index (χ3v) is 5.42. The van der Waals surface area contributed by atoms with Crippen LogP contribution < -0.4 is 11.1 Å². The maximum atomic E-state index is 11.9. The lowest BCUT2D eigenvalue weighted by Gasteiger charge is -2.11. The van der Waals surface area contributed by atoms with Crippen LogP contribution in [-0.4, -0.2) is 25.1 Å². The first kappa shape index (κ1) is 14.2. The molecule has 0 spiro atoms. The minimum atomic E-state index is -3.31. The van der Waals surface area contributed by atoms with Gasteiger partial charge in [-0.2, -0.15) is 4.37 Å². The van der Waals surface area contributed by atoms with E-state index in [0.717, 1.165) is 24.5 Å². The summed E-state index contributed by atoms with van der Waals surface area (Å²) in [5.74, 6) is 0.618. The Kier molecular flexibility index (Phi) is 4.76. The van der Waals surface area contributed by atoms with E-state index in [1.807, 2.05) is 0 Å². The fourth-order valence-corrected chi connectivity index (χ4v) is 3.44. The van der Waals surface area contributed by atoms with Gasteiger partial charge in [-0.25, -0.2) is 8.42 Å². The molecule has 5 nitrogen and oxygen atoms in total. The molecule has 0 radical (unpaired) electrons. The van der Waals surface area contributed by atoms with Gasteiger partial charge in [0.05, 0.1) is 5.75 Å². The van der Waals surface area contributed by atoms with E-state index >= 15 is 0 Å². The van der Waals surface area contributed by atoms with Crippen LogP contribution in [0.5, 0.6) is 0 Å². The van der Waals surface area contributed by atoms with Gasteiger partial charge in [0, 0.05) is 6.54 Å². The van der Waals surface area contributed by atoms with Gasteiger partial charge in [0.2, 0.25) is 0 Å².